The van der Waals surface area contributed by atoms with Gasteiger partial charge in [0.05, 0.1) is 0 Å². The van der Waals surface area contributed by atoms with E-state index in [0.717, 1.165) is 29.2 Å². The maximum absolute atomic E-state index is 13.2. The van der Waals surface area contributed by atoms with E-state index in [-0.39, 0.29) is 5.82 Å². The van der Waals surface area contributed by atoms with Crippen molar-refractivity contribution in [2.45, 2.75) is 54.0 Å². The molecule has 1 aliphatic heterocycles. The normalized spacial score (nSPS) is 17.0. The number of carbonyl (C=O) groups excluding carboxylic acids is 1. The zero-order valence-electron chi connectivity index (χ0n) is 19.2. The van der Waals surface area contributed by atoms with E-state index in [1.165, 1.54) is 23.5 Å². The van der Waals surface area contributed by atoms with E-state index in [9.17, 15) is 9.18 Å². The van der Waals surface area contributed by atoms with E-state index in [4.69, 9.17) is 4.99 Å². The maximum atomic E-state index is 13.2. The van der Waals surface area contributed by atoms with Crippen LogP contribution in [0.2, 0.25) is 0 Å². The number of amidine groups is 1. The molecule has 30 heavy (non-hydrogen) atoms. The highest BCUT2D eigenvalue weighted by Gasteiger charge is 2.36. The first-order valence-corrected chi connectivity index (χ1v) is 11.0. The standard InChI is InChI=1S/C16H14FN3OS.C3H8O.2C2H6/c1-10-13(9-21)16(2,11-3-5-12(17)6-4-11)20-14(19-10)15-18-7-8-22-15;1-3-4-2;2*1-2/h3-9H,1-2H3,(H,19,20);3H2,1-2H3;2*1-2H3/t16-;;;/m1.../s1. The predicted octanol–water partition coefficient (Wildman–Crippen LogP) is 5.73. The van der Waals surface area contributed by atoms with Crippen molar-refractivity contribution in [3.63, 3.8) is 0 Å². The van der Waals surface area contributed by atoms with Gasteiger partial charge in [0, 0.05) is 36.6 Å². The van der Waals surface area contributed by atoms with Gasteiger partial charge >= 0.3 is 0 Å². The molecule has 2 aromatic rings. The molecule has 1 N–H and O–H groups in total. The van der Waals surface area contributed by atoms with Gasteiger partial charge in [-0.15, -0.1) is 11.3 Å². The lowest BCUT2D eigenvalue weighted by atomic mass is 9.83. The number of methoxy groups -OCH3 is 1. The predicted molar refractivity (Wildman–Crippen MR) is 125 cm³/mol. The second-order valence-electron chi connectivity index (χ2n) is 5.74. The first-order chi connectivity index (χ1) is 14.5. The van der Waals surface area contributed by atoms with Crippen LogP contribution >= 0.6 is 11.3 Å². The number of halogens is 1. The Bertz CT molecular complexity index is 800. The molecule has 0 saturated carbocycles. The molecular formula is C23H34FN3O2S. The lowest BCUT2D eigenvalue weighted by Gasteiger charge is -2.33. The maximum Gasteiger partial charge on any atom is 0.163 e. The van der Waals surface area contributed by atoms with Crippen molar-refractivity contribution in [3.05, 3.63) is 63.5 Å². The van der Waals surface area contributed by atoms with Crippen LogP contribution in [-0.2, 0) is 15.1 Å². The van der Waals surface area contributed by atoms with Gasteiger partial charge in [-0.05, 0) is 38.5 Å². The number of carbonyl (C=O) groups is 1. The van der Waals surface area contributed by atoms with Gasteiger partial charge in [0.15, 0.2) is 17.1 Å². The number of rotatable bonds is 4. The Morgan fingerprint density at radius 1 is 1.20 bits per heavy atom. The van der Waals surface area contributed by atoms with Crippen molar-refractivity contribution in [2.75, 3.05) is 13.7 Å². The number of aromatic nitrogens is 1. The smallest absolute Gasteiger partial charge is 0.163 e. The van der Waals surface area contributed by atoms with E-state index < -0.39 is 5.54 Å². The van der Waals surface area contributed by atoms with E-state index in [2.05, 4.69) is 15.0 Å². The van der Waals surface area contributed by atoms with Crippen LogP contribution in [0.1, 0.15) is 59.0 Å². The Morgan fingerprint density at radius 3 is 2.20 bits per heavy atom. The molecule has 0 spiro atoms. The molecule has 166 valence electrons. The van der Waals surface area contributed by atoms with Crippen LogP contribution in [0.15, 0.2) is 52.1 Å². The monoisotopic (exact) mass is 435 g/mol. The van der Waals surface area contributed by atoms with Crippen molar-refractivity contribution in [1.82, 2.24) is 10.3 Å². The summed E-state index contributed by atoms with van der Waals surface area (Å²) in [5, 5.41) is 5.74. The minimum atomic E-state index is -0.869. The molecule has 5 nitrogen and oxygen atoms in total. The van der Waals surface area contributed by atoms with Crippen molar-refractivity contribution in [2.24, 2.45) is 4.99 Å². The third kappa shape index (κ3) is 7.15. The highest BCUT2D eigenvalue weighted by atomic mass is 32.1. The first-order valence-electron chi connectivity index (χ1n) is 10.1. The lowest BCUT2D eigenvalue weighted by Crippen LogP contribution is -2.38. The fraction of sp³-hybridized carbons (Fsp3) is 0.435. The number of hydrogen-bond donors (Lipinski definition) is 1. The van der Waals surface area contributed by atoms with Gasteiger partial charge in [-0.25, -0.2) is 14.4 Å². The summed E-state index contributed by atoms with van der Waals surface area (Å²) in [6.45, 7) is 14.5. The van der Waals surface area contributed by atoms with E-state index in [1.54, 1.807) is 25.4 Å². The third-order valence-electron chi connectivity index (χ3n) is 4.02. The molecule has 0 unspecified atom stereocenters. The van der Waals surface area contributed by atoms with Crippen molar-refractivity contribution < 1.29 is 13.9 Å². The highest BCUT2D eigenvalue weighted by Crippen LogP contribution is 2.36. The number of allylic oxidation sites excluding steroid dienone is 1. The number of ether oxygens (including phenoxy) is 1. The summed E-state index contributed by atoms with van der Waals surface area (Å²) in [6.07, 6.45) is 2.50. The van der Waals surface area contributed by atoms with Gasteiger partial charge < -0.3 is 10.1 Å². The summed E-state index contributed by atoms with van der Waals surface area (Å²) in [5.74, 6) is 0.295. The Hall–Kier alpha value is -2.38. The number of nitrogens with one attached hydrogen (secondary N) is 1. The molecule has 0 fully saturated rings. The third-order valence-corrected chi connectivity index (χ3v) is 4.80. The molecule has 0 aliphatic carbocycles. The molecule has 3 rings (SSSR count). The van der Waals surface area contributed by atoms with Gasteiger partial charge in [0.2, 0.25) is 0 Å². The molecule has 1 aliphatic rings. The summed E-state index contributed by atoms with van der Waals surface area (Å²) >= 11 is 1.46. The quantitative estimate of drug-likeness (QED) is 0.623. The lowest BCUT2D eigenvalue weighted by molar-refractivity contribution is -0.105. The number of thiazole rings is 1. The van der Waals surface area contributed by atoms with Crippen LogP contribution in [-0.4, -0.2) is 30.8 Å². The number of hydrogen-bond acceptors (Lipinski definition) is 6. The summed E-state index contributed by atoms with van der Waals surface area (Å²) in [7, 11) is 1.68. The van der Waals surface area contributed by atoms with E-state index in [1.807, 2.05) is 53.8 Å². The summed E-state index contributed by atoms with van der Waals surface area (Å²) in [5.41, 5.74) is 1.14. The molecule has 1 atom stereocenters. The minimum absolute atomic E-state index is 0.321. The fourth-order valence-corrected chi connectivity index (χ4v) is 3.14. The van der Waals surface area contributed by atoms with Crippen molar-refractivity contribution in [3.8, 4) is 0 Å². The summed E-state index contributed by atoms with van der Waals surface area (Å²) in [4.78, 5) is 20.5. The minimum Gasteiger partial charge on any atom is -0.385 e. The number of aliphatic imine (C=N–C) groups is 1. The average Bonchev–Trinajstić information content (AvgIpc) is 3.32. The Labute approximate surface area is 184 Å². The van der Waals surface area contributed by atoms with Crippen LogP contribution in [0.5, 0.6) is 0 Å². The van der Waals surface area contributed by atoms with E-state index >= 15 is 0 Å². The summed E-state index contributed by atoms with van der Waals surface area (Å²) in [6, 6.07) is 6.05. The van der Waals surface area contributed by atoms with E-state index in [0.29, 0.717) is 11.4 Å². The number of aldehydes is 1. The SMILES string of the molecule is CC.CC.CC1=C(C=O)[C@@](C)(c2ccc(F)cc2)N=C(c2nccs2)N1.CCOC. The second-order valence-corrected chi connectivity index (χ2v) is 6.63. The van der Waals surface area contributed by atoms with Crippen LogP contribution in [0.25, 0.3) is 0 Å². The van der Waals surface area contributed by atoms with Gasteiger partial charge in [-0.3, -0.25) is 4.79 Å². The first kappa shape index (κ1) is 27.6. The molecule has 0 amide bonds. The topological polar surface area (TPSA) is 63.6 Å². The molecule has 0 radical (unpaired) electrons. The second kappa shape index (κ2) is 14.6. The molecule has 0 saturated heterocycles. The molecular weight excluding hydrogens is 401 g/mol. The van der Waals surface area contributed by atoms with Crippen molar-refractivity contribution >= 4 is 23.5 Å². The van der Waals surface area contributed by atoms with Gasteiger partial charge in [0.25, 0.3) is 0 Å². The van der Waals surface area contributed by atoms with Crippen LogP contribution in [0.3, 0.4) is 0 Å². The average molecular weight is 436 g/mol. The van der Waals surface area contributed by atoms with Crippen LogP contribution in [0.4, 0.5) is 4.39 Å². The Morgan fingerprint density at radius 2 is 1.77 bits per heavy atom. The zero-order chi connectivity index (χ0) is 23.2. The molecule has 0 bridgehead atoms. The van der Waals surface area contributed by atoms with Gasteiger partial charge in [0.1, 0.15) is 11.4 Å². The van der Waals surface area contributed by atoms with Crippen LogP contribution < -0.4 is 5.32 Å². The molecule has 1 aromatic heterocycles. The largest absolute Gasteiger partial charge is 0.385 e. The van der Waals surface area contributed by atoms with Crippen LogP contribution in [0, 0.1) is 5.82 Å². The zero-order valence-corrected chi connectivity index (χ0v) is 20.1. The molecule has 2 heterocycles. The Balaban J connectivity index is 0.000000924. The highest BCUT2D eigenvalue weighted by molar-refractivity contribution is 7.11. The van der Waals surface area contributed by atoms with Gasteiger partial charge in [-0.1, -0.05) is 39.8 Å². The number of benzene rings is 1. The molecule has 7 heteroatoms. The Kier molecular flexibility index (Phi) is 13.4. The van der Waals surface area contributed by atoms with Gasteiger partial charge in [-0.2, -0.15) is 0 Å². The number of nitrogens with zero attached hydrogens (tertiary/aromatic N) is 2. The molecule has 1 aromatic carbocycles. The fourth-order valence-electron chi connectivity index (χ4n) is 2.56. The summed E-state index contributed by atoms with van der Waals surface area (Å²) < 4.78 is 17.7. The van der Waals surface area contributed by atoms with Crippen molar-refractivity contribution in [1.29, 1.82) is 0 Å².